The summed E-state index contributed by atoms with van der Waals surface area (Å²) in [6.45, 7) is 5.57. The highest BCUT2D eigenvalue weighted by atomic mass is 19.2. The van der Waals surface area contributed by atoms with E-state index in [1.165, 1.54) is 96.0 Å². The van der Waals surface area contributed by atoms with Crippen molar-refractivity contribution in [3.8, 4) is 0 Å². The zero-order chi connectivity index (χ0) is 28.2. The Kier molecular flexibility index (Phi) is 13.8. The molecule has 4 fully saturated rings. The largest absolute Gasteiger partial charge is 0.490 e. The van der Waals surface area contributed by atoms with Crippen molar-refractivity contribution in [2.24, 2.45) is 41.4 Å². The number of halogens is 2. The number of allylic oxidation sites excluding steroid dienone is 2. The van der Waals surface area contributed by atoms with Crippen LogP contribution in [0, 0.1) is 41.4 Å². The van der Waals surface area contributed by atoms with Gasteiger partial charge in [-0.15, -0.1) is 0 Å². The van der Waals surface area contributed by atoms with Gasteiger partial charge in [0.1, 0.15) is 6.67 Å². The summed E-state index contributed by atoms with van der Waals surface area (Å²) in [5.41, 5.74) is 0. The molecule has 4 aliphatic carbocycles. The molecule has 0 amide bonds. The summed E-state index contributed by atoms with van der Waals surface area (Å²) in [4.78, 5) is 0. The summed E-state index contributed by atoms with van der Waals surface area (Å²) in [6, 6.07) is 0. The van der Waals surface area contributed by atoms with Crippen LogP contribution < -0.4 is 0 Å². The maximum atomic E-state index is 14.0. The molecule has 0 aromatic rings. The molecule has 0 aromatic heterocycles. The Morgan fingerprint density at radius 1 is 0.725 bits per heavy atom. The maximum Gasteiger partial charge on any atom is 0.173 e. The van der Waals surface area contributed by atoms with Crippen LogP contribution in [0.2, 0.25) is 0 Å². The van der Waals surface area contributed by atoms with Crippen LogP contribution in [0.1, 0.15) is 117 Å². The second-order valence-electron chi connectivity index (χ2n) is 13.6. The van der Waals surface area contributed by atoms with Gasteiger partial charge in [-0.05, 0) is 131 Å². The molecule has 40 heavy (non-hydrogen) atoms. The van der Waals surface area contributed by atoms with Gasteiger partial charge in [-0.2, -0.15) is 0 Å². The quantitative estimate of drug-likeness (QED) is 0.119. The van der Waals surface area contributed by atoms with Gasteiger partial charge in [0.15, 0.2) is 11.6 Å². The molecule has 0 saturated heterocycles. The number of fused-ring (bicyclic) bond motifs is 1. The van der Waals surface area contributed by atoms with E-state index in [0.29, 0.717) is 31.8 Å². The van der Waals surface area contributed by atoms with Crippen LogP contribution in [-0.4, -0.2) is 39.2 Å². The van der Waals surface area contributed by atoms with Gasteiger partial charge >= 0.3 is 0 Å². The molecule has 4 rings (SSSR count). The molecule has 4 aliphatic rings. The lowest BCUT2D eigenvalue weighted by Gasteiger charge is -2.45. The summed E-state index contributed by atoms with van der Waals surface area (Å²) in [7, 11) is 0. The molecule has 0 aliphatic heterocycles. The van der Waals surface area contributed by atoms with Crippen molar-refractivity contribution >= 4 is 0 Å². The minimum absolute atomic E-state index is 0.0292. The van der Waals surface area contributed by atoms with Crippen molar-refractivity contribution in [3.05, 3.63) is 23.7 Å². The molecule has 3 nitrogen and oxygen atoms in total. The summed E-state index contributed by atoms with van der Waals surface area (Å²) < 4.78 is 44.5. The number of alkyl halides is 1. The average molecular weight is 565 g/mol. The van der Waals surface area contributed by atoms with E-state index < -0.39 is 12.5 Å². The van der Waals surface area contributed by atoms with Crippen molar-refractivity contribution in [1.29, 1.82) is 0 Å². The van der Waals surface area contributed by atoms with E-state index in [1.54, 1.807) is 6.08 Å². The third-order valence-electron chi connectivity index (χ3n) is 10.9. The summed E-state index contributed by atoms with van der Waals surface area (Å²) in [5, 5.41) is 0. The fraction of sp³-hybridized carbons (Fsp3) is 0.886. The number of hydrogen-bond donors (Lipinski definition) is 0. The normalized spacial score (nSPS) is 35.8. The molecule has 0 radical (unpaired) electrons. The zero-order valence-corrected chi connectivity index (χ0v) is 25.6. The van der Waals surface area contributed by atoms with Gasteiger partial charge in [-0.1, -0.05) is 38.7 Å². The molecular formula is C35H58F2O3. The summed E-state index contributed by atoms with van der Waals surface area (Å²) in [6.07, 6.45) is 25.0. The van der Waals surface area contributed by atoms with Crippen LogP contribution in [0.25, 0.3) is 0 Å². The Morgan fingerprint density at radius 2 is 1.32 bits per heavy atom. The van der Waals surface area contributed by atoms with E-state index in [0.717, 1.165) is 55.0 Å². The van der Waals surface area contributed by atoms with E-state index in [2.05, 4.69) is 6.92 Å². The average Bonchev–Trinajstić information content (AvgIpc) is 3.00. The predicted molar refractivity (Wildman–Crippen MR) is 159 cm³/mol. The molecule has 0 aromatic carbocycles. The second kappa shape index (κ2) is 17.2. The van der Waals surface area contributed by atoms with Crippen LogP contribution in [-0.2, 0) is 14.2 Å². The first-order chi connectivity index (χ1) is 19.6. The molecule has 4 saturated carbocycles. The Hall–Kier alpha value is -0.940. The topological polar surface area (TPSA) is 27.7 Å². The van der Waals surface area contributed by atoms with Crippen molar-refractivity contribution in [2.45, 2.75) is 123 Å². The van der Waals surface area contributed by atoms with Gasteiger partial charge in [0, 0.05) is 13.2 Å². The van der Waals surface area contributed by atoms with E-state index in [9.17, 15) is 8.78 Å². The van der Waals surface area contributed by atoms with E-state index in [1.807, 2.05) is 6.92 Å². The van der Waals surface area contributed by atoms with Crippen LogP contribution >= 0.6 is 0 Å². The number of hydrogen-bond acceptors (Lipinski definition) is 3. The molecule has 4 unspecified atom stereocenters. The summed E-state index contributed by atoms with van der Waals surface area (Å²) >= 11 is 0. The number of ether oxygens (including phenoxy) is 3. The van der Waals surface area contributed by atoms with Crippen LogP contribution in [0.4, 0.5) is 8.78 Å². The zero-order valence-electron chi connectivity index (χ0n) is 25.6. The highest BCUT2D eigenvalue weighted by Crippen LogP contribution is 2.48. The first-order valence-corrected chi connectivity index (χ1v) is 17.0. The molecule has 5 heteroatoms. The first-order valence-electron chi connectivity index (χ1n) is 17.0. The molecule has 0 bridgehead atoms. The smallest absolute Gasteiger partial charge is 0.173 e. The van der Waals surface area contributed by atoms with E-state index in [-0.39, 0.29) is 5.76 Å². The van der Waals surface area contributed by atoms with Gasteiger partial charge in [0.25, 0.3) is 0 Å². The van der Waals surface area contributed by atoms with Gasteiger partial charge in [0.2, 0.25) is 0 Å². The Morgan fingerprint density at radius 3 is 2.02 bits per heavy atom. The molecule has 4 atom stereocenters. The molecule has 230 valence electrons. The fourth-order valence-electron chi connectivity index (χ4n) is 8.49. The number of rotatable bonds is 14. The predicted octanol–water partition coefficient (Wildman–Crippen LogP) is 9.76. The summed E-state index contributed by atoms with van der Waals surface area (Å²) in [5.74, 6) is 4.92. The third-order valence-corrected chi connectivity index (χ3v) is 10.9. The fourth-order valence-corrected chi connectivity index (χ4v) is 8.49. The van der Waals surface area contributed by atoms with Crippen LogP contribution in [0.3, 0.4) is 0 Å². The van der Waals surface area contributed by atoms with Crippen LogP contribution in [0.15, 0.2) is 23.7 Å². The van der Waals surface area contributed by atoms with Crippen molar-refractivity contribution < 1.29 is 23.0 Å². The second-order valence-corrected chi connectivity index (χ2v) is 13.6. The third kappa shape index (κ3) is 9.82. The highest BCUT2D eigenvalue weighted by molar-refractivity contribution is 5.16. The van der Waals surface area contributed by atoms with Crippen LogP contribution in [0.5, 0.6) is 0 Å². The molecule has 0 heterocycles. The standard InChI is InChI=1S/C35H58F2O3/c1-3-6-26-8-10-27(11-9-26)24-39-33-19-18-31-21-30(16-17-32(31)22-33)29-14-12-28(13-15-29)25-40-35(34(37)23-36)7-5-20-38-4-2/h5,7,26-33H,3-4,6,8-25H2,1-2H3/b7-5-,35-34-. The van der Waals surface area contributed by atoms with Gasteiger partial charge < -0.3 is 14.2 Å². The van der Waals surface area contributed by atoms with Crippen molar-refractivity contribution in [2.75, 3.05) is 33.1 Å². The van der Waals surface area contributed by atoms with Crippen molar-refractivity contribution in [1.82, 2.24) is 0 Å². The molecule has 0 N–H and O–H groups in total. The first kappa shape index (κ1) is 32.0. The minimum atomic E-state index is -1.13. The highest BCUT2D eigenvalue weighted by Gasteiger charge is 2.39. The van der Waals surface area contributed by atoms with Gasteiger partial charge in [-0.3, -0.25) is 0 Å². The molecular weight excluding hydrogens is 506 g/mol. The Bertz CT molecular complexity index is 767. The lowest BCUT2D eigenvalue weighted by Crippen LogP contribution is -2.37. The van der Waals surface area contributed by atoms with E-state index >= 15 is 0 Å². The Balaban J connectivity index is 1.12. The monoisotopic (exact) mass is 564 g/mol. The maximum absolute atomic E-state index is 14.0. The Labute approximate surface area is 243 Å². The van der Waals surface area contributed by atoms with Gasteiger partial charge in [-0.25, -0.2) is 8.78 Å². The van der Waals surface area contributed by atoms with Crippen molar-refractivity contribution in [3.63, 3.8) is 0 Å². The van der Waals surface area contributed by atoms with E-state index in [4.69, 9.17) is 14.2 Å². The lowest BCUT2D eigenvalue weighted by molar-refractivity contribution is -0.0423. The lowest BCUT2D eigenvalue weighted by atomic mass is 9.62. The molecule has 0 spiro atoms. The minimum Gasteiger partial charge on any atom is -0.490 e. The SMILES string of the molecule is CCCC1CCC(COC2CCC3CC(C4CCC(COC(/C=C\COCC)=C(\F)CF)CC4)CCC3C2)CC1. The van der Waals surface area contributed by atoms with Gasteiger partial charge in [0.05, 0.1) is 19.3 Å².